The van der Waals surface area contributed by atoms with Crippen LogP contribution in [0.15, 0.2) is 54.6 Å². The molecule has 1 aromatic heterocycles. The highest BCUT2D eigenvalue weighted by atomic mass is 19.1. The van der Waals surface area contributed by atoms with Crippen molar-refractivity contribution in [2.75, 3.05) is 5.32 Å². The van der Waals surface area contributed by atoms with Gasteiger partial charge in [0.15, 0.2) is 5.82 Å². The average molecular weight is 353 g/mol. The molecule has 0 spiro atoms. The van der Waals surface area contributed by atoms with E-state index in [9.17, 15) is 19.3 Å². The number of aromatic amines is 1. The third kappa shape index (κ3) is 4.15. The number of hydrogen-bond acceptors (Lipinski definition) is 5. The summed E-state index contributed by atoms with van der Waals surface area (Å²) in [6, 6.07) is 11.5. The van der Waals surface area contributed by atoms with Gasteiger partial charge < -0.3 is 0 Å². The molecule has 0 unspecified atom stereocenters. The van der Waals surface area contributed by atoms with Crippen molar-refractivity contribution in [2.24, 2.45) is 0 Å². The average Bonchev–Trinajstić information content (AvgIpc) is 3.09. The SMILES string of the molecule is O=C(/C=C/c1cccc([N+](=O)[O-])c1)Nc1n[nH]c(-c2ccc(F)cc2)n1. The Morgan fingerprint density at radius 1 is 1.23 bits per heavy atom. The molecule has 26 heavy (non-hydrogen) atoms. The number of anilines is 1. The standard InChI is InChI=1S/C17H12FN5O3/c18-13-7-5-12(6-8-13)16-20-17(22-21-16)19-15(24)9-4-11-2-1-3-14(10-11)23(25)26/h1-10H,(H2,19,20,21,22,24)/b9-4+. The Hall–Kier alpha value is -3.88. The summed E-state index contributed by atoms with van der Waals surface area (Å²) in [6.07, 6.45) is 2.66. The van der Waals surface area contributed by atoms with Crippen LogP contribution in [0.1, 0.15) is 5.56 Å². The molecule has 1 heterocycles. The molecule has 130 valence electrons. The number of amides is 1. The van der Waals surface area contributed by atoms with Gasteiger partial charge in [-0.05, 0) is 35.9 Å². The molecule has 0 aliphatic rings. The Bertz CT molecular complexity index is 982. The van der Waals surface area contributed by atoms with Crippen molar-refractivity contribution < 1.29 is 14.1 Å². The van der Waals surface area contributed by atoms with Crippen molar-refractivity contribution in [1.29, 1.82) is 0 Å². The molecular weight excluding hydrogens is 341 g/mol. The van der Waals surface area contributed by atoms with Gasteiger partial charge in [-0.2, -0.15) is 4.98 Å². The molecule has 0 radical (unpaired) electrons. The summed E-state index contributed by atoms with van der Waals surface area (Å²) >= 11 is 0. The number of nitrogens with zero attached hydrogens (tertiary/aromatic N) is 3. The first-order chi connectivity index (χ1) is 12.5. The second-order valence-electron chi connectivity index (χ2n) is 5.19. The Morgan fingerprint density at radius 2 is 2.00 bits per heavy atom. The number of halogens is 1. The number of H-pyrrole nitrogens is 1. The van der Waals surface area contributed by atoms with Crippen molar-refractivity contribution >= 4 is 23.6 Å². The third-order valence-corrected chi connectivity index (χ3v) is 3.35. The molecule has 0 aliphatic heterocycles. The van der Waals surface area contributed by atoms with E-state index in [1.165, 1.54) is 54.6 Å². The monoisotopic (exact) mass is 353 g/mol. The van der Waals surface area contributed by atoms with Crippen LogP contribution in [0.25, 0.3) is 17.5 Å². The first kappa shape index (κ1) is 17.0. The molecule has 3 aromatic rings. The summed E-state index contributed by atoms with van der Waals surface area (Å²) in [5, 5.41) is 19.7. The number of nitrogens with one attached hydrogen (secondary N) is 2. The van der Waals surface area contributed by atoms with Gasteiger partial charge in [0.1, 0.15) is 5.82 Å². The lowest BCUT2D eigenvalue weighted by molar-refractivity contribution is -0.384. The van der Waals surface area contributed by atoms with E-state index in [4.69, 9.17) is 0 Å². The fourth-order valence-electron chi connectivity index (χ4n) is 2.12. The molecule has 0 atom stereocenters. The van der Waals surface area contributed by atoms with Crippen LogP contribution in [0.4, 0.5) is 16.0 Å². The van der Waals surface area contributed by atoms with E-state index in [1.807, 2.05) is 0 Å². The number of carbonyl (C=O) groups is 1. The van der Waals surface area contributed by atoms with Crippen LogP contribution < -0.4 is 5.32 Å². The molecule has 3 rings (SSSR count). The molecule has 2 N–H and O–H groups in total. The van der Waals surface area contributed by atoms with Gasteiger partial charge in [-0.3, -0.25) is 25.3 Å². The van der Waals surface area contributed by atoms with Gasteiger partial charge in [0.05, 0.1) is 4.92 Å². The number of nitro groups is 1. The maximum atomic E-state index is 12.9. The molecule has 8 nitrogen and oxygen atoms in total. The van der Waals surface area contributed by atoms with Gasteiger partial charge in [-0.1, -0.05) is 12.1 Å². The fourth-order valence-corrected chi connectivity index (χ4v) is 2.12. The zero-order valence-corrected chi connectivity index (χ0v) is 13.2. The number of nitro benzene ring substituents is 1. The van der Waals surface area contributed by atoms with Crippen LogP contribution in [0.3, 0.4) is 0 Å². The lowest BCUT2D eigenvalue weighted by atomic mass is 10.2. The lowest BCUT2D eigenvalue weighted by Crippen LogP contribution is -2.09. The molecule has 0 aliphatic carbocycles. The molecule has 0 fully saturated rings. The van der Waals surface area contributed by atoms with Crippen molar-refractivity contribution in [3.8, 4) is 11.4 Å². The molecular formula is C17H12FN5O3. The van der Waals surface area contributed by atoms with E-state index < -0.39 is 10.8 Å². The van der Waals surface area contributed by atoms with Crippen LogP contribution in [-0.2, 0) is 4.79 Å². The first-order valence-corrected chi connectivity index (χ1v) is 7.43. The van der Waals surface area contributed by atoms with Crippen LogP contribution in [0.2, 0.25) is 0 Å². The minimum absolute atomic E-state index is 0.0537. The summed E-state index contributed by atoms with van der Waals surface area (Å²) < 4.78 is 12.9. The van der Waals surface area contributed by atoms with E-state index in [1.54, 1.807) is 6.07 Å². The second kappa shape index (κ2) is 7.34. The maximum absolute atomic E-state index is 12.9. The number of hydrogen-bond donors (Lipinski definition) is 2. The molecule has 9 heteroatoms. The molecule has 0 saturated heterocycles. The Balaban J connectivity index is 1.66. The molecule has 0 bridgehead atoms. The Morgan fingerprint density at radius 3 is 2.73 bits per heavy atom. The van der Waals surface area contributed by atoms with Gasteiger partial charge in [0.2, 0.25) is 5.95 Å². The molecule has 0 saturated carbocycles. The number of benzene rings is 2. The highest BCUT2D eigenvalue weighted by molar-refractivity contribution is 6.01. The lowest BCUT2D eigenvalue weighted by Gasteiger charge is -1.96. The Labute approximate surface area is 146 Å². The van der Waals surface area contributed by atoms with Crippen molar-refractivity contribution in [3.63, 3.8) is 0 Å². The summed E-state index contributed by atoms with van der Waals surface area (Å²) in [5.74, 6) is -0.435. The van der Waals surface area contributed by atoms with Crippen molar-refractivity contribution in [3.05, 3.63) is 76.1 Å². The Kier molecular flexibility index (Phi) is 4.79. The van der Waals surface area contributed by atoms with Crippen LogP contribution in [0.5, 0.6) is 0 Å². The predicted molar refractivity (Wildman–Crippen MR) is 92.5 cm³/mol. The van der Waals surface area contributed by atoms with Crippen molar-refractivity contribution in [2.45, 2.75) is 0 Å². The van der Waals surface area contributed by atoms with Gasteiger partial charge in [0.25, 0.3) is 11.6 Å². The topological polar surface area (TPSA) is 114 Å². The van der Waals surface area contributed by atoms with Gasteiger partial charge in [0, 0.05) is 23.8 Å². The maximum Gasteiger partial charge on any atom is 0.270 e. The summed E-state index contributed by atoms with van der Waals surface area (Å²) in [5.41, 5.74) is 1.06. The zero-order chi connectivity index (χ0) is 18.5. The number of rotatable bonds is 5. The predicted octanol–water partition coefficient (Wildman–Crippen LogP) is 3.17. The molecule has 1 amide bonds. The van der Waals surface area contributed by atoms with Crippen LogP contribution in [-0.4, -0.2) is 26.0 Å². The highest BCUT2D eigenvalue weighted by Crippen LogP contribution is 2.17. The summed E-state index contributed by atoms with van der Waals surface area (Å²) in [6.45, 7) is 0. The zero-order valence-electron chi connectivity index (χ0n) is 13.2. The summed E-state index contributed by atoms with van der Waals surface area (Å²) in [7, 11) is 0. The van der Waals surface area contributed by atoms with Crippen LogP contribution in [0, 0.1) is 15.9 Å². The van der Waals surface area contributed by atoms with Crippen LogP contribution >= 0.6 is 0 Å². The minimum Gasteiger partial charge on any atom is -0.290 e. The minimum atomic E-state index is -0.512. The van der Waals surface area contributed by atoms with Gasteiger partial charge in [-0.15, -0.1) is 5.10 Å². The highest BCUT2D eigenvalue weighted by Gasteiger charge is 2.08. The number of carbonyl (C=O) groups excluding carboxylic acids is 1. The second-order valence-corrected chi connectivity index (χ2v) is 5.19. The van der Waals surface area contributed by atoms with Gasteiger partial charge in [-0.25, -0.2) is 4.39 Å². The van der Waals surface area contributed by atoms with E-state index in [0.29, 0.717) is 17.0 Å². The van der Waals surface area contributed by atoms with Crippen molar-refractivity contribution in [1.82, 2.24) is 15.2 Å². The number of non-ortho nitro benzene ring substituents is 1. The van der Waals surface area contributed by atoms with E-state index >= 15 is 0 Å². The molecule has 2 aromatic carbocycles. The quantitative estimate of drug-likeness (QED) is 0.415. The number of aromatic nitrogens is 3. The van der Waals surface area contributed by atoms with Gasteiger partial charge >= 0.3 is 0 Å². The fraction of sp³-hybridized carbons (Fsp3) is 0. The van der Waals surface area contributed by atoms with E-state index in [-0.39, 0.29) is 17.5 Å². The third-order valence-electron chi connectivity index (χ3n) is 3.35. The smallest absolute Gasteiger partial charge is 0.270 e. The first-order valence-electron chi connectivity index (χ1n) is 7.43. The largest absolute Gasteiger partial charge is 0.290 e. The normalized spacial score (nSPS) is 10.8. The van der Waals surface area contributed by atoms with E-state index in [0.717, 1.165) is 0 Å². The summed E-state index contributed by atoms with van der Waals surface area (Å²) in [4.78, 5) is 26.2. The van der Waals surface area contributed by atoms with E-state index in [2.05, 4.69) is 20.5 Å².